The lowest BCUT2D eigenvalue weighted by atomic mass is 9.95. The molecule has 0 bridgehead atoms. The summed E-state index contributed by atoms with van der Waals surface area (Å²) in [6.45, 7) is 4.04. The van der Waals surface area contributed by atoms with Gasteiger partial charge in [-0.15, -0.1) is 11.6 Å². The van der Waals surface area contributed by atoms with Gasteiger partial charge in [0.1, 0.15) is 5.82 Å². The van der Waals surface area contributed by atoms with Crippen molar-refractivity contribution in [2.24, 2.45) is 5.41 Å². The van der Waals surface area contributed by atoms with Crippen LogP contribution in [0.1, 0.15) is 34.6 Å². The molecule has 3 amide bonds. The standard InChI is InChI=1S/C21H23ClFN3O3/c1-21(2,13-22)20(29)25-12-11-24-18(27)14-5-9-17(10-6-14)26-19(28)15-3-7-16(23)8-4-15/h3-10H,11-13H2,1-2H3,(H,24,27)(H,25,29)(H,26,28). The highest BCUT2D eigenvalue weighted by Gasteiger charge is 2.25. The Morgan fingerprint density at radius 3 is 1.97 bits per heavy atom. The Balaban J connectivity index is 1.81. The molecular formula is C21H23ClFN3O3. The van der Waals surface area contributed by atoms with Crippen LogP contribution in [0.5, 0.6) is 0 Å². The first-order valence-electron chi connectivity index (χ1n) is 9.02. The highest BCUT2D eigenvalue weighted by atomic mass is 35.5. The highest BCUT2D eigenvalue weighted by molar-refractivity contribution is 6.19. The third kappa shape index (κ3) is 6.57. The Morgan fingerprint density at radius 1 is 0.862 bits per heavy atom. The van der Waals surface area contributed by atoms with Gasteiger partial charge >= 0.3 is 0 Å². The summed E-state index contributed by atoms with van der Waals surface area (Å²) in [4.78, 5) is 36.2. The molecule has 0 aliphatic heterocycles. The molecule has 0 aliphatic carbocycles. The fourth-order valence-corrected chi connectivity index (χ4v) is 2.38. The van der Waals surface area contributed by atoms with Crippen LogP contribution in [-0.4, -0.2) is 36.7 Å². The van der Waals surface area contributed by atoms with Crippen molar-refractivity contribution in [3.8, 4) is 0 Å². The van der Waals surface area contributed by atoms with E-state index in [1.165, 1.54) is 24.3 Å². The van der Waals surface area contributed by atoms with E-state index in [1.807, 2.05) is 0 Å². The molecule has 0 unspecified atom stereocenters. The van der Waals surface area contributed by atoms with Crippen LogP contribution < -0.4 is 16.0 Å². The van der Waals surface area contributed by atoms with Crippen LogP contribution >= 0.6 is 11.6 Å². The van der Waals surface area contributed by atoms with E-state index in [1.54, 1.807) is 38.1 Å². The van der Waals surface area contributed by atoms with Gasteiger partial charge in [0.2, 0.25) is 5.91 Å². The molecule has 0 radical (unpaired) electrons. The molecule has 8 heteroatoms. The fourth-order valence-electron chi connectivity index (χ4n) is 2.26. The summed E-state index contributed by atoms with van der Waals surface area (Å²) in [5, 5.41) is 8.10. The minimum absolute atomic E-state index is 0.178. The van der Waals surface area contributed by atoms with Crippen LogP contribution in [0.25, 0.3) is 0 Å². The van der Waals surface area contributed by atoms with Crippen LogP contribution in [0.2, 0.25) is 0 Å². The molecule has 0 aromatic heterocycles. The molecule has 0 aliphatic rings. The normalized spacial score (nSPS) is 10.9. The predicted octanol–water partition coefficient (Wildman–Crippen LogP) is 3.19. The van der Waals surface area contributed by atoms with Gasteiger partial charge in [0.05, 0.1) is 5.41 Å². The van der Waals surface area contributed by atoms with Crippen LogP contribution in [0, 0.1) is 11.2 Å². The van der Waals surface area contributed by atoms with Gasteiger partial charge in [-0.25, -0.2) is 4.39 Å². The van der Waals surface area contributed by atoms with Crippen LogP contribution in [0.15, 0.2) is 48.5 Å². The Morgan fingerprint density at radius 2 is 1.38 bits per heavy atom. The lowest BCUT2D eigenvalue weighted by Gasteiger charge is -2.20. The summed E-state index contributed by atoms with van der Waals surface area (Å²) in [5.41, 5.74) is 0.580. The molecule has 154 valence electrons. The maximum absolute atomic E-state index is 12.9. The number of amides is 3. The average molecular weight is 420 g/mol. The number of halogens is 2. The minimum atomic E-state index is -0.667. The Bertz CT molecular complexity index is 868. The van der Waals surface area contributed by atoms with Crippen molar-refractivity contribution in [1.82, 2.24) is 10.6 Å². The zero-order valence-electron chi connectivity index (χ0n) is 16.2. The maximum Gasteiger partial charge on any atom is 0.255 e. The first kappa shape index (κ1) is 22.4. The van der Waals surface area contributed by atoms with Crippen LogP contribution in [-0.2, 0) is 4.79 Å². The summed E-state index contributed by atoms with van der Waals surface area (Å²) >= 11 is 5.74. The van der Waals surface area contributed by atoms with Gasteiger partial charge in [0.15, 0.2) is 0 Å². The monoisotopic (exact) mass is 419 g/mol. The number of benzene rings is 2. The lowest BCUT2D eigenvalue weighted by Crippen LogP contribution is -2.41. The van der Waals surface area contributed by atoms with Gasteiger partial charge in [-0.3, -0.25) is 14.4 Å². The van der Waals surface area contributed by atoms with Crippen LogP contribution in [0.4, 0.5) is 10.1 Å². The molecule has 2 aromatic carbocycles. The van der Waals surface area contributed by atoms with Gasteiger partial charge in [-0.05, 0) is 62.4 Å². The minimum Gasteiger partial charge on any atom is -0.354 e. The van der Waals surface area contributed by atoms with E-state index in [0.29, 0.717) is 16.8 Å². The second-order valence-electron chi connectivity index (χ2n) is 7.07. The molecule has 0 saturated carbocycles. The maximum atomic E-state index is 12.9. The molecule has 0 saturated heterocycles. The lowest BCUT2D eigenvalue weighted by molar-refractivity contribution is -0.128. The Labute approximate surface area is 173 Å². The molecule has 0 spiro atoms. The molecule has 6 nitrogen and oxygen atoms in total. The summed E-state index contributed by atoms with van der Waals surface area (Å²) < 4.78 is 12.9. The Hall–Kier alpha value is -2.93. The van der Waals surface area contributed by atoms with Gasteiger partial charge in [-0.1, -0.05) is 0 Å². The zero-order valence-corrected chi connectivity index (χ0v) is 17.0. The van der Waals surface area contributed by atoms with E-state index in [9.17, 15) is 18.8 Å². The molecule has 2 rings (SSSR count). The zero-order chi connectivity index (χ0) is 21.4. The number of hydrogen-bond donors (Lipinski definition) is 3. The molecule has 29 heavy (non-hydrogen) atoms. The van der Waals surface area contributed by atoms with E-state index in [2.05, 4.69) is 16.0 Å². The summed E-state index contributed by atoms with van der Waals surface area (Å²) in [6.07, 6.45) is 0. The predicted molar refractivity (Wildman–Crippen MR) is 111 cm³/mol. The van der Waals surface area contributed by atoms with E-state index in [0.717, 1.165) is 0 Å². The van der Waals surface area contributed by atoms with Crippen molar-refractivity contribution >= 4 is 35.0 Å². The number of rotatable bonds is 8. The van der Waals surface area contributed by atoms with E-state index < -0.39 is 11.2 Å². The first-order valence-corrected chi connectivity index (χ1v) is 9.56. The van der Waals surface area contributed by atoms with E-state index in [4.69, 9.17) is 11.6 Å². The van der Waals surface area contributed by atoms with Crippen molar-refractivity contribution < 1.29 is 18.8 Å². The fraction of sp³-hybridized carbons (Fsp3) is 0.286. The topological polar surface area (TPSA) is 87.3 Å². The van der Waals surface area contributed by atoms with Crippen molar-refractivity contribution in [2.45, 2.75) is 13.8 Å². The summed E-state index contributed by atoms with van der Waals surface area (Å²) in [5.74, 6) is -1.07. The van der Waals surface area contributed by atoms with E-state index >= 15 is 0 Å². The number of carbonyl (C=O) groups excluding carboxylic acids is 3. The second-order valence-corrected chi connectivity index (χ2v) is 7.33. The van der Waals surface area contributed by atoms with Crippen molar-refractivity contribution in [1.29, 1.82) is 0 Å². The number of alkyl halides is 1. The number of hydrogen-bond acceptors (Lipinski definition) is 3. The summed E-state index contributed by atoms with van der Waals surface area (Å²) in [7, 11) is 0. The molecule has 2 aromatic rings. The van der Waals surface area contributed by atoms with Crippen molar-refractivity contribution in [3.05, 3.63) is 65.5 Å². The average Bonchev–Trinajstić information content (AvgIpc) is 2.71. The molecular weight excluding hydrogens is 397 g/mol. The quantitative estimate of drug-likeness (QED) is 0.453. The molecule has 0 atom stereocenters. The third-order valence-corrected chi connectivity index (χ3v) is 4.82. The number of anilines is 1. The Kier molecular flexibility index (Phi) is 7.73. The largest absolute Gasteiger partial charge is 0.354 e. The smallest absolute Gasteiger partial charge is 0.255 e. The summed E-state index contributed by atoms with van der Waals surface area (Å²) in [6, 6.07) is 11.5. The highest BCUT2D eigenvalue weighted by Crippen LogP contribution is 2.16. The number of nitrogens with one attached hydrogen (secondary N) is 3. The number of carbonyl (C=O) groups is 3. The second kappa shape index (κ2) is 10.0. The van der Waals surface area contributed by atoms with Gasteiger partial charge < -0.3 is 16.0 Å². The molecule has 3 N–H and O–H groups in total. The van der Waals surface area contributed by atoms with Crippen molar-refractivity contribution in [3.63, 3.8) is 0 Å². The van der Waals surface area contributed by atoms with Gasteiger partial charge in [0.25, 0.3) is 11.8 Å². The third-order valence-electron chi connectivity index (χ3n) is 4.16. The van der Waals surface area contributed by atoms with Crippen molar-refractivity contribution in [2.75, 3.05) is 24.3 Å². The first-order chi connectivity index (χ1) is 13.7. The van der Waals surface area contributed by atoms with Gasteiger partial charge in [0, 0.05) is 35.8 Å². The van der Waals surface area contributed by atoms with E-state index in [-0.39, 0.29) is 36.7 Å². The molecule has 0 fully saturated rings. The van der Waals surface area contributed by atoms with Crippen LogP contribution in [0.3, 0.4) is 0 Å². The van der Waals surface area contributed by atoms with Gasteiger partial charge in [-0.2, -0.15) is 0 Å². The SMILES string of the molecule is CC(C)(CCl)C(=O)NCCNC(=O)c1ccc(NC(=O)c2ccc(F)cc2)cc1. The molecule has 0 heterocycles.